The molecule has 5 nitrogen and oxygen atoms in total. The van der Waals surface area contributed by atoms with Gasteiger partial charge >= 0.3 is 11.9 Å². The molecule has 0 radical (unpaired) electrons. The van der Waals surface area contributed by atoms with E-state index in [0.29, 0.717) is 0 Å². The van der Waals surface area contributed by atoms with Crippen molar-refractivity contribution in [1.82, 2.24) is 0 Å². The van der Waals surface area contributed by atoms with Crippen LogP contribution in [0.4, 0.5) is 0 Å². The van der Waals surface area contributed by atoms with E-state index >= 15 is 0 Å². The molecule has 1 atom stereocenters. The van der Waals surface area contributed by atoms with E-state index < -0.39 is 23.6 Å². The highest BCUT2D eigenvalue weighted by Gasteiger charge is 2.22. The van der Waals surface area contributed by atoms with Gasteiger partial charge in [-0.3, -0.25) is 0 Å². The predicted molar refractivity (Wildman–Crippen MR) is 70.9 cm³/mol. The van der Waals surface area contributed by atoms with Crippen molar-refractivity contribution in [1.29, 1.82) is 0 Å². The van der Waals surface area contributed by atoms with Crippen LogP contribution in [0.5, 0.6) is 5.75 Å². The van der Waals surface area contributed by atoms with Gasteiger partial charge in [-0.1, -0.05) is 12.1 Å². The predicted octanol–water partition coefficient (Wildman–Crippen LogP) is 1.89. The largest absolute Gasteiger partial charge is 0.456 e. The number of carbonyl (C=O) groups is 2. The average molecular weight is 265 g/mol. The third kappa shape index (κ3) is 4.71. The lowest BCUT2D eigenvalue weighted by Crippen LogP contribution is -2.31. The quantitative estimate of drug-likeness (QED) is 0.667. The number of hydrogen-bond acceptors (Lipinski definition) is 5. The molecule has 0 saturated heterocycles. The fourth-order valence-corrected chi connectivity index (χ4v) is 1.26. The van der Waals surface area contributed by atoms with E-state index in [4.69, 9.17) is 15.2 Å². The number of nitrogens with two attached hydrogens (primary N) is 1. The minimum Gasteiger partial charge on any atom is -0.456 e. The molecule has 0 heterocycles. The fourth-order valence-electron chi connectivity index (χ4n) is 1.26. The lowest BCUT2D eigenvalue weighted by Gasteiger charge is -2.20. The third-order valence-electron chi connectivity index (χ3n) is 2.09. The molecule has 0 aromatic heterocycles. The van der Waals surface area contributed by atoms with Crippen LogP contribution in [0.2, 0.25) is 0 Å². The Morgan fingerprint density at radius 3 is 2.32 bits per heavy atom. The van der Waals surface area contributed by atoms with Crippen molar-refractivity contribution < 1.29 is 19.1 Å². The van der Waals surface area contributed by atoms with Gasteiger partial charge in [-0.25, -0.2) is 9.59 Å². The van der Waals surface area contributed by atoms with Crippen LogP contribution < -0.4 is 10.5 Å². The molecule has 19 heavy (non-hydrogen) atoms. The first-order valence-corrected chi connectivity index (χ1v) is 6.00. The Morgan fingerprint density at radius 2 is 1.79 bits per heavy atom. The average Bonchev–Trinajstić information content (AvgIpc) is 2.27. The van der Waals surface area contributed by atoms with Crippen LogP contribution in [0, 0.1) is 0 Å². The number of carbonyl (C=O) groups excluding carboxylic acids is 2. The van der Waals surface area contributed by atoms with Gasteiger partial charge in [-0.05, 0) is 39.8 Å². The summed E-state index contributed by atoms with van der Waals surface area (Å²) in [4.78, 5) is 23.5. The van der Waals surface area contributed by atoms with Crippen LogP contribution in [0.3, 0.4) is 0 Å². The second-order valence-electron chi connectivity index (χ2n) is 5.21. The smallest absolute Gasteiger partial charge is 0.342 e. The Balaban J connectivity index is 2.96. The highest BCUT2D eigenvalue weighted by atomic mass is 16.6. The van der Waals surface area contributed by atoms with Crippen molar-refractivity contribution in [2.24, 2.45) is 5.73 Å². The van der Waals surface area contributed by atoms with E-state index in [1.807, 2.05) is 0 Å². The second-order valence-corrected chi connectivity index (χ2v) is 5.21. The molecule has 0 saturated carbocycles. The first-order chi connectivity index (χ1) is 8.70. The van der Waals surface area contributed by atoms with Gasteiger partial charge in [0.1, 0.15) is 23.0 Å². The van der Waals surface area contributed by atoms with Gasteiger partial charge in [0.25, 0.3) is 0 Å². The van der Waals surface area contributed by atoms with E-state index in [9.17, 15) is 9.59 Å². The van der Waals surface area contributed by atoms with Gasteiger partial charge in [0.05, 0.1) is 0 Å². The molecule has 0 bridgehead atoms. The molecule has 1 aromatic rings. The highest BCUT2D eigenvalue weighted by molar-refractivity contribution is 5.94. The fraction of sp³-hybridized carbons (Fsp3) is 0.429. The summed E-state index contributed by atoms with van der Waals surface area (Å²) in [6, 6.07) is 5.64. The highest BCUT2D eigenvalue weighted by Crippen LogP contribution is 2.21. The molecule has 0 spiro atoms. The van der Waals surface area contributed by atoms with Crippen LogP contribution in [0.1, 0.15) is 38.1 Å². The van der Waals surface area contributed by atoms with Crippen molar-refractivity contribution in [3.63, 3.8) is 0 Å². The summed E-state index contributed by atoms with van der Waals surface area (Å²) in [7, 11) is 0. The molecule has 0 aliphatic heterocycles. The molecular formula is C14H19NO4. The van der Waals surface area contributed by atoms with Crippen LogP contribution in [-0.4, -0.2) is 23.6 Å². The van der Waals surface area contributed by atoms with E-state index in [2.05, 4.69) is 0 Å². The van der Waals surface area contributed by atoms with Crippen molar-refractivity contribution in [2.45, 2.75) is 39.3 Å². The number of ether oxygens (including phenoxy) is 2. The Morgan fingerprint density at radius 1 is 1.21 bits per heavy atom. The Bertz CT molecular complexity index is 475. The maximum Gasteiger partial charge on any atom is 0.342 e. The maximum atomic E-state index is 12.0. The normalized spacial score (nSPS) is 12.7. The summed E-state index contributed by atoms with van der Waals surface area (Å²) < 4.78 is 10.3. The monoisotopic (exact) mass is 265 g/mol. The molecule has 0 amide bonds. The zero-order chi connectivity index (χ0) is 14.6. The lowest BCUT2D eigenvalue weighted by atomic mass is 10.1. The van der Waals surface area contributed by atoms with Gasteiger partial charge < -0.3 is 15.2 Å². The van der Waals surface area contributed by atoms with E-state index in [1.54, 1.807) is 32.9 Å². The first-order valence-electron chi connectivity index (χ1n) is 6.00. The molecule has 0 aliphatic carbocycles. The molecule has 0 fully saturated rings. The number of esters is 2. The summed E-state index contributed by atoms with van der Waals surface area (Å²) in [5.41, 5.74) is 5.01. The Labute approximate surface area is 112 Å². The minimum absolute atomic E-state index is 0.152. The summed E-state index contributed by atoms with van der Waals surface area (Å²) in [6.45, 7) is 6.81. The zero-order valence-electron chi connectivity index (χ0n) is 11.6. The maximum absolute atomic E-state index is 12.0. The van der Waals surface area contributed by atoms with Gasteiger partial charge in [0, 0.05) is 0 Å². The summed E-state index contributed by atoms with van der Waals surface area (Å²) in [5, 5.41) is 0. The van der Waals surface area contributed by atoms with Crippen LogP contribution in [-0.2, 0) is 9.53 Å². The van der Waals surface area contributed by atoms with E-state index in [1.165, 1.54) is 19.1 Å². The number of benzene rings is 1. The molecule has 1 rings (SSSR count). The Kier molecular flexibility index (Phi) is 4.67. The minimum atomic E-state index is -0.758. The van der Waals surface area contributed by atoms with Crippen molar-refractivity contribution in [3.8, 4) is 5.75 Å². The van der Waals surface area contributed by atoms with Crippen molar-refractivity contribution in [2.75, 3.05) is 0 Å². The van der Waals surface area contributed by atoms with Crippen molar-refractivity contribution in [3.05, 3.63) is 29.8 Å². The summed E-state index contributed by atoms with van der Waals surface area (Å²) in [5.74, 6) is -0.990. The molecule has 2 N–H and O–H groups in total. The molecule has 104 valence electrons. The first kappa shape index (κ1) is 15.2. The number of para-hydroxylation sites is 1. The van der Waals surface area contributed by atoms with Crippen LogP contribution in [0.25, 0.3) is 0 Å². The number of rotatable bonds is 3. The van der Waals surface area contributed by atoms with Crippen molar-refractivity contribution >= 4 is 11.9 Å². The standard InChI is InChI=1S/C14H19NO4/c1-9(15)12(16)18-11-8-6-5-7-10(11)13(17)19-14(2,3)4/h5-9H,15H2,1-4H3/t9-/m0/s1. The van der Waals surface area contributed by atoms with Crippen LogP contribution >= 0.6 is 0 Å². The second kappa shape index (κ2) is 5.84. The van der Waals surface area contributed by atoms with Gasteiger partial charge in [-0.15, -0.1) is 0 Å². The zero-order valence-corrected chi connectivity index (χ0v) is 11.6. The lowest BCUT2D eigenvalue weighted by molar-refractivity contribution is -0.135. The van der Waals surface area contributed by atoms with Gasteiger partial charge in [0.15, 0.2) is 0 Å². The van der Waals surface area contributed by atoms with Gasteiger partial charge in [0.2, 0.25) is 0 Å². The molecule has 0 unspecified atom stereocenters. The molecule has 1 aromatic carbocycles. The number of hydrogen-bond donors (Lipinski definition) is 1. The summed E-state index contributed by atoms with van der Waals surface area (Å²) >= 11 is 0. The van der Waals surface area contributed by atoms with E-state index in [0.717, 1.165) is 0 Å². The van der Waals surface area contributed by atoms with Crippen LogP contribution in [0.15, 0.2) is 24.3 Å². The van der Waals surface area contributed by atoms with Gasteiger partial charge in [-0.2, -0.15) is 0 Å². The molecule has 5 heteroatoms. The SMILES string of the molecule is C[C@H](N)C(=O)Oc1ccccc1C(=O)OC(C)(C)C. The molecule has 0 aliphatic rings. The molecular weight excluding hydrogens is 246 g/mol. The summed E-state index contributed by atoms with van der Waals surface area (Å²) in [6.07, 6.45) is 0. The topological polar surface area (TPSA) is 78.6 Å². The Hall–Kier alpha value is -1.88. The third-order valence-corrected chi connectivity index (χ3v) is 2.09. The van der Waals surface area contributed by atoms with E-state index in [-0.39, 0.29) is 11.3 Å².